The summed E-state index contributed by atoms with van der Waals surface area (Å²) in [4.78, 5) is 19.2. The molecule has 0 bridgehead atoms. The molecule has 0 unspecified atom stereocenters. The summed E-state index contributed by atoms with van der Waals surface area (Å²) in [5, 5.41) is 0.834. The van der Waals surface area contributed by atoms with Crippen molar-refractivity contribution in [1.82, 2.24) is 4.90 Å². The fourth-order valence-electron chi connectivity index (χ4n) is 2.83. The Kier molecular flexibility index (Phi) is 3.54. The quantitative estimate of drug-likeness (QED) is 0.746. The lowest BCUT2D eigenvalue weighted by Crippen LogP contribution is -2.33. The molecule has 0 aliphatic carbocycles. The summed E-state index contributed by atoms with van der Waals surface area (Å²) >= 11 is 1.46. The number of amides is 1. The van der Waals surface area contributed by atoms with Crippen molar-refractivity contribution >= 4 is 28.9 Å². The van der Waals surface area contributed by atoms with Gasteiger partial charge in [-0.1, -0.05) is 12.1 Å². The molecule has 0 aromatic heterocycles. The average Bonchev–Trinajstić information content (AvgIpc) is 3.16. The summed E-state index contributed by atoms with van der Waals surface area (Å²) < 4.78 is 10.8. The molecule has 6 heteroatoms. The topological polar surface area (TPSA) is 51.1 Å². The van der Waals surface area contributed by atoms with E-state index in [4.69, 9.17) is 9.47 Å². The molecule has 3 aliphatic rings. The van der Waals surface area contributed by atoms with Crippen LogP contribution in [0.4, 0.5) is 0 Å². The van der Waals surface area contributed by atoms with Crippen LogP contribution in [0.1, 0.15) is 24.8 Å². The highest BCUT2D eigenvalue weighted by Gasteiger charge is 2.27. The van der Waals surface area contributed by atoms with Crippen LogP contribution >= 0.6 is 11.8 Å². The molecular weight excluding hydrogens is 300 g/mol. The molecule has 4 rings (SSSR count). The van der Waals surface area contributed by atoms with Gasteiger partial charge in [-0.15, -0.1) is 0 Å². The lowest BCUT2D eigenvalue weighted by Gasteiger charge is -2.27. The van der Waals surface area contributed by atoms with Gasteiger partial charge >= 0.3 is 0 Å². The Hall–Kier alpha value is -1.95. The Labute approximate surface area is 133 Å². The standard InChI is InChI=1S/C16H16N2O3S/c19-15-13(22-16(17-15)18-7-2-1-3-8-18)9-11-5-4-6-12-14(11)21-10-20-12/h4-6,9H,1-3,7-8,10H2/b13-9+. The predicted molar refractivity (Wildman–Crippen MR) is 86.0 cm³/mol. The van der Waals surface area contributed by atoms with Crippen molar-refractivity contribution in [3.05, 3.63) is 28.7 Å². The second kappa shape index (κ2) is 5.68. The summed E-state index contributed by atoms with van der Waals surface area (Å²) in [5.41, 5.74) is 0.862. The molecule has 1 aromatic rings. The molecule has 114 valence electrons. The van der Waals surface area contributed by atoms with Gasteiger partial charge in [0.15, 0.2) is 16.7 Å². The fraction of sp³-hybridized carbons (Fsp3) is 0.375. The molecule has 0 spiro atoms. The van der Waals surface area contributed by atoms with Gasteiger partial charge in [-0.25, -0.2) is 0 Å². The first kappa shape index (κ1) is 13.7. The number of hydrogen-bond acceptors (Lipinski definition) is 5. The number of amidine groups is 1. The monoisotopic (exact) mass is 316 g/mol. The minimum atomic E-state index is -0.165. The smallest absolute Gasteiger partial charge is 0.286 e. The molecule has 3 heterocycles. The number of likely N-dealkylation sites (tertiary alicyclic amines) is 1. The number of fused-ring (bicyclic) bond motifs is 1. The van der Waals surface area contributed by atoms with Gasteiger partial charge in [-0.3, -0.25) is 4.79 Å². The minimum Gasteiger partial charge on any atom is -0.454 e. The Bertz CT molecular complexity index is 678. The Morgan fingerprint density at radius 3 is 2.91 bits per heavy atom. The van der Waals surface area contributed by atoms with E-state index < -0.39 is 0 Å². The van der Waals surface area contributed by atoms with E-state index in [0.717, 1.165) is 29.6 Å². The summed E-state index contributed by atoms with van der Waals surface area (Å²) in [6, 6.07) is 5.69. The van der Waals surface area contributed by atoms with Crippen LogP contribution in [0, 0.1) is 0 Å². The summed E-state index contributed by atoms with van der Waals surface area (Å²) in [5.74, 6) is 1.26. The highest BCUT2D eigenvalue weighted by atomic mass is 32.2. The Morgan fingerprint density at radius 2 is 2.05 bits per heavy atom. The maximum atomic E-state index is 12.2. The number of piperidine rings is 1. The minimum absolute atomic E-state index is 0.165. The van der Waals surface area contributed by atoms with Crippen LogP contribution in [-0.2, 0) is 4.79 Å². The van der Waals surface area contributed by atoms with Gasteiger partial charge in [0.2, 0.25) is 6.79 Å². The van der Waals surface area contributed by atoms with Crippen LogP contribution in [0.2, 0.25) is 0 Å². The number of carbonyl (C=O) groups is 1. The van der Waals surface area contributed by atoms with E-state index in [1.807, 2.05) is 24.3 Å². The third-order valence-electron chi connectivity index (χ3n) is 3.95. The van der Waals surface area contributed by atoms with Crippen molar-refractivity contribution < 1.29 is 14.3 Å². The zero-order chi connectivity index (χ0) is 14.9. The summed E-state index contributed by atoms with van der Waals surface area (Å²) in [7, 11) is 0. The summed E-state index contributed by atoms with van der Waals surface area (Å²) in [6.07, 6.45) is 5.45. The number of hydrogen-bond donors (Lipinski definition) is 0. The van der Waals surface area contributed by atoms with Crippen LogP contribution in [0.5, 0.6) is 11.5 Å². The number of para-hydroxylation sites is 1. The first-order chi connectivity index (χ1) is 10.8. The fourth-order valence-corrected chi connectivity index (χ4v) is 3.78. The Morgan fingerprint density at radius 1 is 1.18 bits per heavy atom. The van der Waals surface area contributed by atoms with E-state index in [2.05, 4.69) is 9.89 Å². The van der Waals surface area contributed by atoms with Gasteiger partial charge in [0.1, 0.15) is 0 Å². The molecule has 3 aliphatic heterocycles. The van der Waals surface area contributed by atoms with Crippen molar-refractivity contribution in [2.45, 2.75) is 19.3 Å². The van der Waals surface area contributed by atoms with Crippen molar-refractivity contribution in [1.29, 1.82) is 0 Å². The van der Waals surface area contributed by atoms with Gasteiger partial charge in [-0.2, -0.15) is 4.99 Å². The zero-order valence-electron chi connectivity index (χ0n) is 12.1. The highest BCUT2D eigenvalue weighted by molar-refractivity contribution is 8.18. The molecule has 5 nitrogen and oxygen atoms in total. The van der Waals surface area contributed by atoms with Crippen LogP contribution in [0.3, 0.4) is 0 Å². The van der Waals surface area contributed by atoms with Crippen molar-refractivity contribution in [2.75, 3.05) is 19.9 Å². The second-order valence-electron chi connectivity index (χ2n) is 5.44. The second-order valence-corrected chi connectivity index (χ2v) is 6.45. The van der Waals surface area contributed by atoms with E-state index in [0.29, 0.717) is 10.7 Å². The van der Waals surface area contributed by atoms with E-state index in [9.17, 15) is 4.79 Å². The number of nitrogens with zero attached hydrogens (tertiary/aromatic N) is 2. The largest absolute Gasteiger partial charge is 0.454 e. The third-order valence-corrected chi connectivity index (χ3v) is 4.99. The molecule has 22 heavy (non-hydrogen) atoms. The van der Waals surface area contributed by atoms with Crippen LogP contribution in [0.25, 0.3) is 6.08 Å². The van der Waals surface area contributed by atoms with E-state index >= 15 is 0 Å². The maximum absolute atomic E-state index is 12.2. The van der Waals surface area contributed by atoms with Gasteiger partial charge in [0, 0.05) is 18.7 Å². The number of ether oxygens (including phenoxy) is 2. The van der Waals surface area contributed by atoms with Gasteiger partial charge < -0.3 is 14.4 Å². The first-order valence-corrected chi connectivity index (χ1v) is 8.29. The van der Waals surface area contributed by atoms with Crippen LogP contribution < -0.4 is 9.47 Å². The van der Waals surface area contributed by atoms with Gasteiger partial charge in [-0.05, 0) is 43.2 Å². The molecule has 0 saturated carbocycles. The average molecular weight is 316 g/mol. The number of aliphatic imine (C=N–C) groups is 1. The molecule has 0 N–H and O–H groups in total. The molecule has 1 aromatic carbocycles. The summed E-state index contributed by atoms with van der Waals surface area (Å²) in [6.45, 7) is 2.21. The molecule has 0 atom stereocenters. The lowest BCUT2D eigenvalue weighted by atomic mass is 10.1. The van der Waals surface area contributed by atoms with Crippen molar-refractivity contribution in [2.24, 2.45) is 4.99 Å². The van der Waals surface area contributed by atoms with Gasteiger partial charge in [0.25, 0.3) is 5.91 Å². The highest BCUT2D eigenvalue weighted by Crippen LogP contribution is 2.39. The SMILES string of the molecule is O=C1N=C(N2CCCCC2)S/C1=C/c1cccc2c1OCO2. The lowest BCUT2D eigenvalue weighted by molar-refractivity contribution is -0.113. The van der Waals surface area contributed by atoms with E-state index in [-0.39, 0.29) is 12.7 Å². The van der Waals surface area contributed by atoms with E-state index in [1.54, 1.807) is 0 Å². The number of thioether (sulfide) groups is 1. The maximum Gasteiger partial charge on any atom is 0.286 e. The molecule has 1 amide bonds. The van der Waals surface area contributed by atoms with Gasteiger partial charge in [0.05, 0.1) is 4.91 Å². The molecule has 1 fully saturated rings. The number of carbonyl (C=O) groups excluding carboxylic acids is 1. The van der Waals surface area contributed by atoms with Crippen molar-refractivity contribution in [3.63, 3.8) is 0 Å². The molecular formula is C16H16N2O3S. The van der Waals surface area contributed by atoms with E-state index in [1.165, 1.54) is 31.0 Å². The zero-order valence-corrected chi connectivity index (χ0v) is 12.9. The molecule has 0 radical (unpaired) electrons. The van der Waals surface area contributed by atoms with Crippen LogP contribution in [-0.4, -0.2) is 35.9 Å². The Balaban J connectivity index is 1.57. The third kappa shape index (κ3) is 2.47. The first-order valence-electron chi connectivity index (χ1n) is 7.47. The van der Waals surface area contributed by atoms with Crippen molar-refractivity contribution in [3.8, 4) is 11.5 Å². The number of benzene rings is 1. The molecule has 1 saturated heterocycles. The van der Waals surface area contributed by atoms with Crippen LogP contribution in [0.15, 0.2) is 28.1 Å². The predicted octanol–water partition coefficient (Wildman–Crippen LogP) is 2.87. The number of rotatable bonds is 1. The normalized spacial score (nSPS) is 22.4.